The zero-order valence-electron chi connectivity index (χ0n) is 22.2. The molecule has 2 aliphatic heterocycles. The van der Waals surface area contributed by atoms with E-state index in [1.54, 1.807) is 12.1 Å². The summed E-state index contributed by atoms with van der Waals surface area (Å²) in [5.74, 6) is -0.147. The minimum absolute atomic E-state index is 0.0475. The van der Waals surface area contributed by atoms with Gasteiger partial charge in [-0.15, -0.1) is 0 Å². The molecule has 1 aromatic heterocycles. The lowest BCUT2D eigenvalue weighted by molar-refractivity contribution is -0.137. The van der Waals surface area contributed by atoms with Crippen LogP contribution in [0, 0.1) is 0 Å². The van der Waals surface area contributed by atoms with Crippen LogP contribution in [-0.4, -0.2) is 63.0 Å². The zero-order valence-corrected chi connectivity index (χ0v) is 23.8. The van der Waals surface area contributed by atoms with E-state index in [9.17, 15) is 26.4 Å². The van der Waals surface area contributed by atoms with Crippen molar-refractivity contribution in [3.05, 3.63) is 76.9 Å². The number of carbonyl (C=O) groups excluding carboxylic acids is 1. The lowest BCUT2D eigenvalue weighted by Gasteiger charge is -2.41. The number of sulfonamides is 1. The van der Waals surface area contributed by atoms with Gasteiger partial charge in [0, 0.05) is 55.3 Å². The summed E-state index contributed by atoms with van der Waals surface area (Å²) in [6.45, 7) is 4.98. The van der Waals surface area contributed by atoms with E-state index in [1.807, 2.05) is 30.0 Å². The highest BCUT2D eigenvalue weighted by Gasteiger charge is 2.32. The number of halogens is 4. The Hall–Kier alpha value is -3.51. The molecule has 1 amide bonds. The third kappa shape index (κ3) is 6.38. The van der Waals surface area contributed by atoms with Crippen LogP contribution in [-0.2, 0) is 27.4 Å². The van der Waals surface area contributed by atoms with Gasteiger partial charge in [0.1, 0.15) is 11.9 Å². The number of piperazine rings is 1. The lowest BCUT2D eigenvalue weighted by Crippen LogP contribution is -2.55. The van der Waals surface area contributed by atoms with Crippen LogP contribution in [0.3, 0.4) is 0 Å². The fraction of sp³-hybridized carbons (Fsp3) is 0.357. The van der Waals surface area contributed by atoms with E-state index >= 15 is 0 Å². The molecule has 3 aromatic rings. The van der Waals surface area contributed by atoms with Crippen LogP contribution in [0.5, 0.6) is 0 Å². The molecule has 218 valence electrons. The van der Waals surface area contributed by atoms with Gasteiger partial charge in [0.05, 0.1) is 10.5 Å². The molecule has 0 saturated carbocycles. The molecule has 0 aliphatic carbocycles. The smallest absolute Gasteiger partial charge is 0.368 e. The summed E-state index contributed by atoms with van der Waals surface area (Å²) in [6.07, 6.45) is -2.09. The number of nitrogens with one attached hydrogen (secondary N) is 1. The second-order valence-electron chi connectivity index (χ2n) is 10.1. The number of carbonyl (C=O) groups is 1. The van der Waals surface area contributed by atoms with Crippen LogP contribution in [0.1, 0.15) is 24.5 Å². The van der Waals surface area contributed by atoms with Gasteiger partial charge in [-0.3, -0.25) is 9.52 Å². The van der Waals surface area contributed by atoms with E-state index in [0.717, 1.165) is 48.5 Å². The van der Waals surface area contributed by atoms with Crippen molar-refractivity contribution in [2.24, 2.45) is 0 Å². The maximum absolute atomic E-state index is 13.4. The van der Waals surface area contributed by atoms with Crippen LogP contribution >= 0.6 is 11.6 Å². The van der Waals surface area contributed by atoms with Crippen LogP contribution in [0.2, 0.25) is 5.02 Å². The molecule has 1 N–H and O–H groups in total. The molecule has 1 fully saturated rings. The molecule has 1 saturated heterocycles. The standard InChI is InChI=1S/C28H29ClF3N5O3S/c1-19(37-12-2-3-20-17-22(29)5-10-25(20)37)27(38)36-15-13-35(14-16-36)23-6-8-24(9-7-23)41(39,40)34-26-11-4-21(18-33-26)28(30,31)32/h4-11,17-19H,2-3,12-16H2,1H3,(H,33,34)/t19-/m1/s1. The summed E-state index contributed by atoms with van der Waals surface area (Å²) in [4.78, 5) is 23.0. The highest BCUT2D eigenvalue weighted by molar-refractivity contribution is 7.92. The van der Waals surface area contributed by atoms with Gasteiger partial charge in [-0.1, -0.05) is 11.6 Å². The normalized spacial score (nSPS) is 16.8. The van der Waals surface area contributed by atoms with Crippen LogP contribution in [0.25, 0.3) is 0 Å². The van der Waals surface area contributed by atoms with Gasteiger partial charge in [-0.25, -0.2) is 13.4 Å². The molecule has 2 aromatic carbocycles. The number of nitrogens with zero attached hydrogens (tertiary/aromatic N) is 4. The van der Waals surface area contributed by atoms with Gasteiger partial charge in [-0.05, 0) is 79.9 Å². The van der Waals surface area contributed by atoms with Crippen molar-refractivity contribution in [3.63, 3.8) is 0 Å². The predicted octanol–water partition coefficient (Wildman–Crippen LogP) is 5.04. The highest BCUT2D eigenvalue weighted by atomic mass is 35.5. The largest absolute Gasteiger partial charge is 0.417 e. The number of pyridine rings is 1. The summed E-state index contributed by atoms with van der Waals surface area (Å²) in [5, 5.41) is 0.693. The minimum Gasteiger partial charge on any atom is -0.368 e. The van der Waals surface area contributed by atoms with Gasteiger partial charge in [-0.2, -0.15) is 13.2 Å². The summed E-state index contributed by atoms with van der Waals surface area (Å²) < 4.78 is 65.9. The van der Waals surface area contributed by atoms with E-state index in [2.05, 4.69) is 19.5 Å². The molecular formula is C28H29ClF3N5O3S. The first kappa shape index (κ1) is 29.0. The number of hydrogen-bond acceptors (Lipinski definition) is 6. The summed E-state index contributed by atoms with van der Waals surface area (Å²) >= 11 is 6.17. The van der Waals surface area contributed by atoms with Gasteiger partial charge in [0.2, 0.25) is 5.91 Å². The third-order valence-corrected chi connectivity index (χ3v) is 9.06. The van der Waals surface area contributed by atoms with Gasteiger partial charge in [0.15, 0.2) is 0 Å². The first-order valence-corrected chi connectivity index (χ1v) is 15.0. The van der Waals surface area contributed by atoms with E-state index < -0.39 is 21.8 Å². The Labute approximate surface area is 241 Å². The second kappa shape index (κ2) is 11.4. The lowest BCUT2D eigenvalue weighted by atomic mass is 10.00. The van der Waals surface area contributed by atoms with Crippen LogP contribution < -0.4 is 14.5 Å². The van der Waals surface area contributed by atoms with Crippen molar-refractivity contribution in [2.45, 2.75) is 36.9 Å². The fourth-order valence-electron chi connectivity index (χ4n) is 5.23. The number of benzene rings is 2. The zero-order chi connectivity index (χ0) is 29.4. The molecule has 0 spiro atoms. The number of anilines is 3. The van der Waals surface area contributed by atoms with Crippen LogP contribution in [0.4, 0.5) is 30.4 Å². The number of hydrogen-bond donors (Lipinski definition) is 1. The maximum atomic E-state index is 13.4. The van der Waals surface area contributed by atoms with Gasteiger partial charge < -0.3 is 14.7 Å². The predicted molar refractivity (Wildman–Crippen MR) is 152 cm³/mol. The topological polar surface area (TPSA) is 85.8 Å². The van der Waals surface area contributed by atoms with Crippen molar-refractivity contribution in [3.8, 4) is 0 Å². The molecule has 3 heterocycles. The van der Waals surface area contributed by atoms with Crippen molar-refractivity contribution in [2.75, 3.05) is 47.2 Å². The number of aromatic nitrogens is 1. The Morgan fingerprint density at radius 1 is 1.00 bits per heavy atom. The SMILES string of the molecule is C[C@H](C(=O)N1CCN(c2ccc(S(=O)(=O)Nc3ccc(C(F)(F)F)cn3)cc2)CC1)N1CCCc2cc(Cl)ccc21. The Balaban J connectivity index is 1.18. The van der Waals surface area contributed by atoms with Crippen LogP contribution in [0.15, 0.2) is 65.7 Å². The highest BCUT2D eigenvalue weighted by Crippen LogP contribution is 2.32. The minimum atomic E-state index is -4.56. The first-order valence-electron chi connectivity index (χ1n) is 13.2. The Morgan fingerprint density at radius 3 is 2.34 bits per heavy atom. The molecular weight excluding hydrogens is 579 g/mol. The average molecular weight is 608 g/mol. The number of aryl methyl sites for hydroxylation is 1. The van der Waals surface area contributed by atoms with E-state index in [-0.39, 0.29) is 22.7 Å². The summed E-state index contributed by atoms with van der Waals surface area (Å²) in [6, 6.07) is 13.4. The van der Waals surface area contributed by atoms with Crippen molar-refractivity contribution in [1.29, 1.82) is 0 Å². The van der Waals surface area contributed by atoms with E-state index in [1.165, 1.54) is 12.1 Å². The van der Waals surface area contributed by atoms with E-state index in [0.29, 0.717) is 37.4 Å². The Morgan fingerprint density at radius 2 is 1.71 bits per heavy atom. The number of alkyl halides is 3. The fourth-order valence-corrected chi connectivity index (χ4v) is 6.44. The molecule has 0 radical (unpaired) electrons. The number of rotatable bonds is 6. The molecule has 0 unspecified atom stereocenters. The number of fused-ring (bicyclic) bond motifs is 1. The molecule has 13 heteroatoms. The summed E-state index contributed by atoms with van der Waals surface area (Å²) in [7, 11) is -4.05. The molecule has 41 heavy (non-hydrogen) atoms. The molecule has 8 nitrogen and oxygen atoms in total. The Kier molecular flexibility index (Phi) is 8.06. The first-order chi connectivity index (χ1) is 19.4. The van der Waals surface area contributed by atoms with Gasteiger partial charge >= 0.3 is 6.18 Å². The Bertz CT molecular complexity index is 1510. The van der Waals surface area contributed by atoms with Crippen molar-refractivity contribution < 1.29 is 26.4 Å². The molecule has 2 aliphatic rings. The monoisotopic (exact) mass is 607 g/mol. The van der Waals surface area contributed by atoms with Crippen molar-refractivity contribution in [1.82, 2.24) is 9.88 Å². The van der Waals surface area contributed by atoms with E-state index in [4.69, 9.17) is 11.6 Å². The van der Waals surface area contributed by atoms with Gasteiger partial charge in [0.25, 0.3) is 10.0 Å². The molecule has 0 bridgehead atoms. The van der Waals surface area contributed by atoms with Crippen molar-refractivity contribution >= 4 is 44.7 Å². The quantitative estimate of drug-likeness (QED) is 0.422. The number of amides is 1. The third-order valence-electron chi connectivity index (χ3n) is 7.45. The molecule has 5 rings (SSSR count). The maximum Gasteiger partial charge on any atom is 0.417 e. The second-order valence-corrected chi connectivity index (χ2v) is 12.2. The summed E-state index contributed by atoms with van der Waals surface area (Å²) in [5.41, 5.74) is 2.05. The molecule has 1 atom stereocenters. The average Bonchev–Trinajstić information content (AvgIpc) is 2.95.